The van der Waals surface area contributed by atoms with Crippen LogP contribution in [0.15, 0.2) is 0 Å². The molecule has 0 rings (SSSR count). The first-order valence-electron chi connectivity index (χ1n) is 6.94. The molecule has 0 aromatic carbocycles. The zero-order chi connectivity index (χ0) is 13.5. The molecule has 0 bridgehead atoms. The van der Waals surface area contributed by atoms with Crippen LogP contribution in [-0.2, 0) is 4.79 Å². The van der Waals surface area contributed by atoms with Crippen LogP contribution in [0.3, 0.4) is 0 Å². The largest absolute Gasteiger partial charge is 0.480 e. The van der Waals surface area contributed by atoms with Gasteiger partial charge in [0.1, 0.15) is 5.54 Å². The summed E-state index contributed by atoms with van der Waals surface area (Å²) in [5.41, 5.74) is -0.728. The Bertz CT molecular complexity index is 220. The SMILES string of the molecule is CCCC(CCC)(NC(CC)C(C)C)C(=O)O. The molecule has 1 unspecified atom stereocenters. The maximum absolute atomic E-state index is 11.6. The first kappa shape index (κ1) is 16.4. The first-order valence-corrected chi connectivity index (χ1v) is 6.94. The summed E-state index contributed by atoms with van der Waals surface area (Å²) in [6.07, 6.45) is 4.18. The number of hydrogen-bond donors (Lipinski definition) is 2. The summed E-state index contributed by atoms with van der Waals surface area (Å²) in [5.74, 6) is -0.229. The van der Waals surface area contributed by atoms with E-state index in [4.69, 9.17) is 0 Å². The highest BCUT2D eigenvalue weighted by Crippen LogP contribution is 2.23. The van der Waals surface area contributed by atoms with Crippen LogP contribution in [0.2, 0.25) is 0 Å². The molecule has 3 nitrogen and oxygen atoms in total. The maximum atomic E-state index is 11.6. The van der Waals surface area contributed by atoms with Crippen molar-refractivity contribution in [3.8, 4) is 0 Å². The smallest absolute Gasteiger partial charge is 0.323 e. The van der Waals surface area contributed by atoms with Gasteiger partial charge in [0, 0.05) is 6.04 Å². The average Bonchev–Trinajstić information content (AvgIpc) is 2.25. The topological polar surface area (TPSA) is 49.3 Å². The highest BCUT2D eigenvalue weighted by molar-refractivity contribution is 5.78. The highest BCUT2D eigenvalue weighted by Gasteiger charge is 2.38. The second-order valence-corrected chi connectivity index (χ2v) is 5.29. The number of aliphatic carboxylic acids is 1. The van der Waals surface area contributed by atoms with Gasteiger partial charge in [-0.05, 0) is 25.2 Å². The second-order valence-electron chi connectivity index (χ2n) is 5.29. The molecule has 0 aromatic rings. The van der Waals surface area contributed by atoms with Gasteiger partial charge in [-0.25, -0.2) is 0 Å². The molecule has 0 amide bonds. The van der Waals surface area contributed by atoms with Crippen LogP contribution in [0.4, 0.5) is 0 Å². The summed E-state index contributed by atoms with van der Waals surface area (Å²) in [4.78, 5) is 11.6. The Labute approximate surface area is 106 Å². The predicted molar refractivity (Wildman–Crippen MR) is 72.2 cm³/mol. The Hall–Kier alpha value is -0.570. The van der Waals surface area contributed by atoms with Crippen LogP contribution in [0, 0.1) is 5.92 Å². The van der Waals surface area contributed by atoms with Gasteiger partial charge < -0.3 is 5.11 Å². The van der Waals surface area contributed by atoms with E-state index in [0.29, 0.717) is 18.8 Å². The van der Waals surface area contributed by atoms with E-state index in [2.05, 4.69) is 26.1 Å². The molecule has 0 spiro atoms. The number of carboxylic acids is 1. The summed E-state index contributed by atoms with van der Waals surface area (Å²) >= 11 is 0. The minimum Gasteiger partial charge on any atom is -0.480 e. The van der Waals surface area contributed by atoms with Crippen LogP contribution in [0.5, 0.6) is 0 Å². The summed E-state index contributed by atoms with van der Waals surface area (Å²) in [6, 6.07) is 0.282. The predicted octanol–water partition coefficient (Wildman–Crippen LogP) is 3.43. The minimum atomic E-state index is -0.728. The Morgan fingerprint density at radius 2 is 1.65 bits per heavy atom. The zero-order valence-electron chi connectivity index (χ0n) is 12.0. The average molecular weight is 243 g/mol. The molecule has 0 saturated carbocycles. The molecular weight excluding hydrogens is 214 g/mol. The number of nitrogens with one attached hydrogen (secondary N) is 1. The molecule has 0 fully saturated rings. The van der Waals surface area contributed by atoms with E-state index in [1.807, 2.05) is 13.8 Å². The zero-order valence-corrected chi connectivity index (χ0v) is 12.0. The molecule has 0 radical (unpaired) electrons. The van der Waals surface area contributed by atoms with E-state index in [1.165, 1.54) is 0 Å². The van der Waals surface area contributed by atoms with Gasteiger partial charge in [-0.3, -0.25) is 10.1 Å². The summed E-state index contributed by atoms with van der Waals surface area (Å²) in [6.45, 7) is 10.5. The van der Waals surface area contributed by atoms with Crippen molar-refractivity contribution < 1.29 is 9.90 Å². The van der Waals surface area contributed by atoms with Crippen LogP contribution in [0.1, 0.15) is 66.7 Å². The lowest BCUT2D eigenvalue weighted by atomic mass is 9.86. The number of rotatable bonds is 9. The van der Waals surface area contributed by atoms with E-state index >= 15 is 0 Å². The van der Waals surface area contributed by atoms with Crippen LogP contribution in [0.25, 0.3) is 0 Å². The van der Waals surface area contributed by atoms with Gasteiger partial charge in [-0.1, -0.05) is 47.5 Å². The molecule has 0 saturated heterocycles. The Morgan fingerprint density at radius 1 is 1.18 bits per heavy atom. The van der Waals surface area contributed by atoms with Crippen molar-refractivity contribution in [2.45, 2.75) is 78.3 Å². The van der Waals surface area contributed by atoms with Crippen molar-refractivity contribution in [3.05, 3.63) is 0 Å². The molecule has 0 aliphatic rings. The second kappa shape index (κ2) is 7.70. The van der Waals surface area contributed by atoms with Gasteiger partial charge in [-0.15, -0.1) is 0 Å². The summed E-state index contributed by atoms with van der Waals surface area (Å²) < 4.78 is 0. The molecule has 102 valence electrons. The van der Waals surface area contributed by atoms with Gasteiger partial charge in [0.15, 0.2) is 0 Å². The highest BCUT2D eigenvalue weighted by atomic mass is 16.4. The minimum absolute atomic E-state index is 0.282. The molecule has 0 aliphatic carbocycles. The van der Waals surface area contributed by atoms with Crippen LogP contribution in [-0.4, -0.2) is 22.7 Å². The molecule has 3 heteroatoms. The van der Waals surface area contributed by atoms with Crippen molar-refractivity contribution in [2.75, 3.05) is 0 Å². The maximum Gasteiger partial charge on any atom is 0.323 e. The molecule has 0 aromatic heterocycles. The van der Waals surface area contributed by atoms with Crippen molar-refractivity contribution >= 4 is 5.97 Å². The van der Waals surface area contributed by atoms with Crippen molar-refractivity contribution in [2.24, 2.45) is 5.92 Å². The van der Waals surface area contributed by atoms with Gasteiger partial charge in [0.2, 0.25) is 0 Å². The Balaban J connectivity index is 4.93. The molecule has 0 heterocycles. The first-order chi connectivity index (χ1) is 7.93. The van der Waals surface area contributed by atoms with Crippen LogP contribution >= 0.6 is 0 Å². The summed E-state index contributed by atoms with van der Waals surface area (Å²) in [5, 5.41) is 13.0. The molecule has 17 heavy (non-hydrogen) atoms. The standard InChI is InChI=1S/C14H29NO2/c1-6-9-14(10-7-2,13(16)17)15-12(8-3)11(4)5/h11-12,15H,6-10H2,1-5H3,(H,16,17). The molecular formula is C14H29NO2. The van der Waals surface area contributed by atoms with Crippen molar-refractivity contribution in [1.82, 2.24) is 5.32 Å². The van der Waals surface area contributed by atoms with Crippen LogP contribution < -0.4 is 5.32 Å². The number of carboxylic acid groups (broad SMARTS) is 1. The molecule has 0 aliphatic heterocycles. The van der Waals surface area contributed by atoms with E-state index in [9.17, 15) is 9.90 Å². The summed E-state index contributed by atoms with van der Waals surface area (Å²) in [7, 11) is 0. The third-order valence-corrected chi connectivity index (χ3v) is 3.47. The third kappa shape index (κ3) is 4.66. The normalized spacial score (nSPS) is 14.0. The number of hydrogen-bond acceptors (Lipinski definition) is 2. The van der Waals surface area contributed by atoms with E-state index in [-0.39, 0.29) is 6.04 Å². The van der Waals surface area contributed by atoms with E-state index in [1.54, 1.807) is 0 Å². The van der Waals surface area contributed by atoms with E-state index < -0.39 is 11.5 Å². The quantitative estimate of drug-likeness (QED) is 0.652. The van der Waals surface area contributed by atoms with Crippen molar-refractivity contribution in [3.63, 3.8) is 0 Å². The van der Waals surface area contributed by atoms with Gasteiger partial charge in [0.05, 0.1) is 0 Å². The van der Waals surface area contributed by atoms with Crippen molar-refractivity contribution in [1.29, 1.82) is 0 Å². The van der Waals surface area contributed by atoms with Gasteiger partial charge >= 0.3 is 5.97 Å². The fourth-order valence-electron chi connectivity index (χ4n) is 2.49. The lowest BCUT2D eigenvalue weighted by molar-refractivity contribution is -0.146. The lowest BCUT2D eigenvalue weighted by Gasteiger charge is -2.36. The monoisotopic (exact) mass is 243 g/mol. The Morgan fingerprint density at radius 3 is 1.88 bits per heavy atom. The Kier molecular flexibility index (Phi) is 7.44. The molecule has 1 atom stereocenters. The lowest BCUT2D eigenvalue weighted by Crippen LogP contribution is -2.57. The van der Waals surface area contributed by atoms with Gasteiger partial charge in [-0.2, -0.15) is 0 Å². The third-order valence-electron chi connectivity index (χ3n) is 3.47. The fourth-order valence-corrected chi connectivity index (χ4v) is 2.49. The number of carbonyl (C=O) groups is 1. The fraction of sp³-hybridized carbons (Fsp3) is 0.929. The van der Waals surface area contributed by atoms with E-state index in [0.717, 1.165) is 19.3 Å². The molecule has 2 N–H and O–H groups in total. The van der Waals surface area contributed by atoms with Gasteiger partial charge in [0.25, 0.3) is 0 Å².